The minimum Gasteiger partial charge on any atom is -0.326 e. The Morgan fingerprint density at radius 3 is 2.95 bits per heavy atom. The number of hydrazone groups is 1. The highest BCUT2D eigenvalue weighted by Crippen LogP contribution is 2.15. The van der Waals surface area contributed by atoms with Crippen molar-refractivity contribution in [1.82, 2.24) is 5.43 Å². The number of alkyl halides is 1. The summed E-state index contributed by atoms with van der Waals surface area (Å²) >= 11 is 5.51. The molecule has 1 aromatic rings. The Labute approximate surface area is 116 Å². The van der Waals surface area contributed by atoms with Gasteiger partial charge in [0, 0.05) is 30.8 Å². The second-order valence-electron chi connectivity index (χ2n) is 4.16. The summed E-state index contributed by atoms with van der Waals surface area (Å²) in [6.07, 6.45) is 1.31. The Bertz CT molecular complexity index is 528. The van der Waals surface area contributed by atoms with E-state index in [0.29, 0.717) is 24.4 Å². The van der Waals surface area contributed by atoms with Crippen LogP contribution in [0.1, 0.15) is 24.8 Å². The maximum atomic E-state index is 11.5. The number of nitrogens with zero attached hydrogens (tertiary/aromatic N) is 1. The maximum absolute atomic E-state index is 11.5. The molecule has 0 fully saturated rings. The van der Waals surface area contributed by atoms with Gasteiger partial charge in [-0.15, -0.1) is 11.6 Å². The van der Waals surface area contributed by atoms with Crippen LogP contribution in [0.25, 0.3) is 0 Å². The molecule has 0 unspecified atom stereocenters. The molecule has 0 saturated heterocycles. The highest BCUT2D eigenvalue weighted by molar-refractivity contribution is 6.19. The minimum absolute atomic E-state index is 0.0738. The van der Waals surface area contributed by atoms with Crippen molar-refractivity contribution in [3.05, 3.63) is 29.8 Å². The van der Waals surface area contributed by atoms with Crippen LogP contribution in [0.4, 0.5) is 5.69 Å². The minimum atomic E-state index is -0.119. The summed E-state index contributed by atoms with van der Waals surface area (Å²) in [5.74, 6) is 0.103. The molecule has 0 bridgehead atoms. The van der Waals surface area contributed by atoms with E-state index in [9.17, 15) is 9.59 Å². The van der Waals surface area contributed by atoms with Crippen molar-refractivity contribution in [1.29, 1.82) is 0 Å². The van der Waals surface area contributed by atoms with E-state index in [1.807, 2.05) is 18.2 Å². The van der Waals surface area contributed by atoms with Gasteiger partial charge in [0.15, 0.2) is 0 Å². The van der Waals surface area contributed by atoms with Crippen LogP contribution in [0, 0.1) is 0 Å². The fourth-order valence-electron chi connectivity index (χ4n) is 1.77. The number of hydrogen-bond donors (Lipinski definition) is 2. The third-order valence-corrected chi connectivity index (χ3v) is 2.89. The summed E-state index contributed by atoms with van der Waals surface area (Å²) in [5, 5.41) is 6.79. The van der Waals surface area contributed by atoms with E-state index in [1.165, 1.54) is 0 Å². The molecule has 1 aromatic carbocycles. The summed E-state index contributed by atoms with van der Waals surface area (Å²) in [6, 6.07) is 7.37. The molecule has 0 aromatic heterocycles. The maximum Gasteiger partial charge on any atom is 0.240 e. The van der Waals surface area contributed by atoms with E-state index in [1.54, 1.807) is 6.07 Å². The number of rotatable bonds is 4. The zero-order valence-electron chi connectivity index (χ0n) is 10.3. The van der Waals surface area contributed by atoms with Crippen LogP contribution in [0.15, 0.2) is 29.4 Å². The van der Waals surface area contributed by atoms with Crippen molar-refractivity contribution >= 4 is 34.8 Å². The standard InChI is InChI=1S/C13H14ClN3O2/c14-7-6-12(18)15-10-3-1-2-9(8-10)11-4-5-13(19)17-16-11/h1-3,8H,4-7H2,(H,15,18)(H,17,19). The lowest BCUT2D eigenvalue weighted by Gasteiger charge is -2.13. The van der Waals surface area contributed by atoms with Crippen molar-refractivity contribution in [3.8, 4) is 0 Å². The largest absolute Gasteiger partial charge is 0.326 e. The average Bonchev–Trinajstić information content (AvgIpc) is 2.40. The quantitative estimate of drug-likeness (QED) is 0.826. The van der Waals surface area contributed by atoms with E-state index in [4.69, 9.17) is 11.6 Å². The van der Waals surface area contributed by atoms with Crippen LogP contribution in [0.2, 0.25) is 0 Å². The highest BCUT2D eigenvalue weighted by atomic mass is 35.5. The molecule has 1 heterocycles. The van der Waals surface area contributed by atoms with Crippen molar-refractivity contribution in [2.24, 2.45) is 5.10 Å². The van der Waals surface area contributed by atoms with Gasteiger partial charge < -0.3 is 5.32 Å². The Hall–Kier alpha value is -1.88. The molecule has 2 N–H and O–H groups in total. The van der Waals surface area contributed by atoms with E-state index >= 15 is 0 Å². The SMILES string of the molecule is O=C1CCC(c2cccc(NC(=O)CCCl)c2)=NN1. The number of carbonyl (C=O) groups excluding carboxylic acids is 2. The summed E-state index contributed by atoms with van der Waals surface area (Å²) in [5.41, 5.74) is 4.86. The van der Waals surface area contributed by atoms with E-state index in [2.05, 4.69) is 15.8 Å². The first-order chi connectivity index (χ1) is 9.19. The van der Waals surface area contributed by atoms with Crippen molar-refractivity contribution in [3.63, 3.8) is 0 Å². The Morgan fingerprint density at radius 1 is 1.42 bits per heavy atom. The number of halogens is 1. The van der Waals surface area contributed by atoms with E-state index in [0.717, 1.165) is 11.3 Å². The molecule has 5 nitrogen and oxygen atoms in total. The Kier molecular flexibility index (Phi) is 4.52. The predicted molar refractivity (Wildman–Crippen MR) is 74.3 cm³/mol. The van der Waals surface area contributed by atoms with Gasteiger partial charge >= 0.3 is 0 Å². The molecule has 19 heavy (non-hydrogen) atoms. The van der Waals surface area contributed by atoms with Crippen molar-refractivity contribution in [2.45, 2.75) is 19.3 Å². The van der Waals surface area contributed by atoms with Crippen LogP contribution < -0.4 is 10.7 Å². The third kappa shape index (κ3) is 3.79. The predicted octanol–water partition coefficient (Wildman–Crippen LogP) is 1.87. The van der Waals surface area contributed by atoms with Crippen LogP contribution in [0.5, 0.6) is 0 Å². The molecule has 0 saturated carbocycles. The number of amides is 2. The zero-order valence-corrected chi connectivity index (χ0v) is 11.0. The molecule has 1 aliphatic heterocycles. The molecular formula is C13H14ClN3O2. The van der Waals surface area contributed by atoms with Crippen LogP contribution in [-0.4, -0.2) is 23.4 Å². The van der Waals surface area contributed by atoms with Gasteiger partial charge in [-0.25, -0.2) is 5.43 Å². The van der Waals surface area contributed by atoms with Gasteiger partial charge in [0.1, 0.15) is 0 Å². The molecule has 6 heteroatoms. The molecule has 2 amide bonds. The first kappa shape index (κ1) is 13.5. The summed E-state index contributed by atoms with van der Waals surface area (Å²) < 4.78 is 0. The lowest BCUT2D eigenvalue weighted by molar-refractivity contribution is -0.121. The summed E-state index contributed by atoms with van der Waals surface area (Å²) in [4.78, 5) is 22.5. The molecule has 0 aliphatic carbocycles. The van der Waals surface area contributed by atoms with Gasteiger partial charge in [0.25, 0.3) is 0 Å². The molecule has 2 rings (SSSR count). The van der Waals surface area contributed by atoms with Crippen LogP contribution >= 0.6 is 11.6 Å². The van der Waals surface area contributed by atoms with Crippen LogP contribution in [-0.2, 0) is 9.59 Å². The topological polar surface area (TPSA) is 70.6 Å². The number of benzene rings is 1. The van der Waals surface area contributed by atoms with Gasteiger partial charge in [-0.05, 0) is 17.7 Å². The molecule has 0 spiro atoms. The Morgan fingerprint density at radius 2 is 2.26 bits per heavy atom. The van der Waals surface area contributed by atoms with Gasteiger partial charge in [-0.1, -0.05) is 12.1 Å². The van der Waals surface area contributed by atoms with Gasteiger partial charge in [-0.3, -0.25) is 9.59 Å². The van der Waals surface area contributed by atoms with E-state index < -0.39 is 0 Å². The molecule has 0 radical (unpaired) electrons. The third-order valence-electron chi connectivity index (χ3n) is 2.71. The monoisotopic (exact) mass is 279 g/mol. The normalized spacial score (nSPS) is 14.6. The lowest BCUT2D eigenvalue weighted by Crippen LogP contribution is -2.26. The van der Waals surface area contributed by atoms with Crippen molar-refractivity contribution in [2.75, 3.05) is 11.2 Å². The summed E-state index contributed by atoms with van der Waals surface area (Å²) in [7, 11) is 0. The average molecular weight is 280 g/mol. The number of nitrogens with one attached hydrogen (secondary N) is 2. The number of hydrogen-bond acceptors (Lipinski definition) is 3. The fourth-order valence-corrected chi connectivity index (χ4v) is 1.94. The van der Waals surface area contributed by atoms with Gasteiger partial charge in [0.05, 0.1) is 5.71 Å². The smallest absolute Gasteiger partial charge is 0.240 e. The van der Waals surface area contributed by atoms with Gasteiger partial charge in [0.2, 0.25) is 11.8 Å². The number of carbonyl (C=O) groups is 2. The van der Waals surface area contributed by atoms with E-state index in [-0.39, 0.29) is 18.2 Å². The molecule has 0 atom stereocenters. The molecular weight excluding hydrogens is 266 g/mol. The zero-order chi connectivity index (χ0) is 13.7. The summed E-state index contributed by atoms with van der Waals surface area (Å²) in [6.45, 7) is 0. The highest BCUT2D eigenvalue weighted by Gasteiger charge is 2.13. The first-order valence-electron chi connectivity index (χ1n) is 6.00. The van der Waals surface area contributed by atoms with Crippen LogP contribution in [0.3, 0.4) is 0 Å². The number of anilines is 1. The Balaban J connectivity index is 2.11. The first-order valence-corrected chi connectivity index (χ1v) is 6.54. The van der Waals surface area contributed by atoms with Crippen molar-refractivity contribution < 1.29 is 9.59 Å². The second kappa shape index (κ2) is 6.33. The molecule has 100 valence electrons. The van der Waals surface area contributed by atoms with Gasteiger partial charge in [-0.2, -0.15) is 5.10 Å². The fraction of sp³-hybridized carbons (Fsp3) is 0.308. The second-order valence-corrected chi connectivity index (χ2v) is 4.54. The molecule has 1 aliphatic rings. The lowest BCUT2D eigenvalue weighted by atomic mass is 10.0.